The van der Waals surface area contributed by atoms with Crippen LogP contribution in [0.5, 0.6) is 0 Å². The van der Waals surface area contributed by atoms with Crippen molar-refractivity contribution in [1.29, 1.82) is 0 Å². The van der Waals surface area contributed by atoms with E-state index in [1.807, 2.05) is 19.1 Å². The van der Waals surface area contributed by atoms with E-state index in [1.165, 1.54) is 17.5 Å². The molecule has 2 aromatic heterocycles. The van der Waals surface area contributed by atoms with Crippen molar-refractivity contribution >= 4 is 17.5 Å². The fourth-order valence-electron chi connectivity index (χ4n) is 3.77. The second-order valence-electron chi connectivity index (χ2n) is 8.76. The molecular weight excluding hydrogens is 448 g/mol. The fraction of sp³-hybridized carbons (Fsp3) is 0.407. The zero-order valence-electron chi connectivity index (χ0n) is 21.0. The molecule has 2 heterocycles. The number of allylic oxidation sites excluding steroid dienone is 5. The third kappa shape index (κ3) is 6.59. The van der Waals surface area contributed by atoms with Gasteiger partial charge in [-0.2, -0.15) is 0 Å². The average molecular weight is 482 g/mol. The lowest BCUT2D eigenvalue weighted by Gasteiger charge is -2.16. The Labute approximate surface area is 205 Å². The highest BCUT2D eigenvalue weighted by atomic mass is 19.3. The molecule has 0 aliphatic heterocycles. The molecule has 0 bridgehead atoms. The van der Waals surface area contributed by atoms with Crippen molar-refractivity contribution in [2.75, 3.05) is 10.6 Å². The topological polar surface area (TPSA) is 79.8 Å². The minimum atomic E-state index is -2.93. The average Bonchev–Trinajstić information content (AvgIpc) is 3.50. The van der Waals surface area contributed by atoms with E-state index in [9.17, 15) is 13.6 Å². The van der Waals surface area contributed by atoms with Crippen LogP contribution in [0.25, 0.3) is 11.3 Å². The molecule has 1 aliphatic rings. The van der Waals surface area contributed by atoms with Crippen LogP contribution in [0.4, 0.5) is 20.4 Å². The molecule has 1 fully saturated rings. The molecule has 6 nitrogen and oxygen atoms in total. The number of nitrogens with zero attached hydrogens (tertiary/aromatic N) is 3. The van der Waals surface area contributed by atoms with E-state index >= 15 is 0 Å². The Morgan fingerprint density at radius 2 is 1.94 bits per heavy atom. The minimum absolute atomic E-state index is 0.171. The van der Waals surface area contributed by atoms with E-state index in [0.29, 0.717) is 17.1 Å². The molecule has 2 aromatic rings. The third-order valence-corrected chi connectivity index (χ3v) is 6.10. The maximum absolute atomic E-state index is 13.2. The third-order valence-electron chi connectivity index (χ3n) is 6.10. The summed E-state index contributed by atoms with van der Waals surface area (Å²) in [5, 5.41) is 5.88. The smallest absolute Gasteiger partial charge is 0.260 e. The predicted molar refractivity (Wildman–Crippen MR) is 136 cm³/mol. The van der Waals surface area contributed by atoms with Gasteiger partial charge < -0.3 is 10.6 Å². The number of hydrogen-bond donors (Lipinski definition) is 2. The number of nitrogens with one attached hydrogen (secondary N) is 2. The molecule has 1 atom stereocenters. The molecule has 3 rings (SSSR count). The van der Waals surface area contributed by atoms with Gasteiger partial charge in [0.1, 0.15) is 23.9 Å². The standard InChI is InChI=1S/C27H33F2N5O/c1-6-10-19(17(4)7-2)13-18(5)22(8-3)33-25-20(11-9-12-30-25)23-14-24(32-16-31-23)34-26(35)21-15-27(21,28)29/h8-9,11-14,16,21H,6-7,10,15H2,1-5H3,(H,30,33)(H,31,32,34,35)/b18-13-,19-17+,22-8+/t21-/m1/s1. The fourth-order valence-corrected chi connectivity index (χ4v) is 3.77. The number of amides is 1. The summed E-state index contributed by atoms with van der Waals surface area (Å²) in [4.78, 5) is 24.9. The molecule has 1 saturated carbocycles. The lowest BCUT2D eigenvalue weighted by molar-refractivity contribution is -0.119. The largest absolute Gasteiger partial charge is 0.340 e. The van der Waals surface area contributed by atoms with Crippen molar-refractivity contribution < 1.29 is 13.6 Å². The van der Waals surface area contributed by atoms with Crippen LogP contribution in [0.1, 0.15) is 60.3 Å². The Morgan fingerprint density at radius 3 is 2.57 bits per heavy atom. The maximum atomic E-state index is 13.2. The van der Waals surface area contributed by atoms with Crippen LogP contribution in [0.3, 0.4) is 0 Å². The minimum Gasteiger partial charge on any atom is -0.340 e. The SMILES string of the molecule is C\C=C(Nc1ncccc1-c1cc(NC(=O)[C@H]2CC2(F)F)ncn1)/C(C)=C\C(CCC)=C(/C)CC. The van der Waals surface area contributed by atoms with Crippen LogP contribution in [0.15, 0.2) is 65.3 Å². The van der Waals surface area contributed by atoms with Gasteiger partial charge in [-0.15, -0.1) is 0 Å². The summed E-state index contributed by atoms with van der Waals surface area (Å²) in [5.41, 5.74) is 5.93. The summed E-state index contributed by atoms with van der Waals surface area (Å²) < 4.78 is 26.5. The first-order chi connectivity index (χ1) is 16.7. The number of aromatic nitrogens is 3. The van der Waals surface area contributed by atoms with E-state index in [-0.39, 0.29) is 5.82 Å². The van der Waals surface area contributed by atoms with Crippen molar-refractivity contribution in [3.05, 3.63) is 65.3 Å². The van der Waals surface area contributed by atoms with E-state index < -0.39 is 24.2 Å². The Kier molecular flexibility index (Phi) is 8.48. The molecule has 35 heavy (non-hydrogen) atoms. The molecule has 2 N–H and O–H groups in total. The number of rotatable bonds is 10. The van der Waals surface area contributed by atoms with Crippen LogP contribution in [0, 0.1) is 5.92 Å². The second-order valence-corrected chi connectivity index (χ2v) is 8.76. The van der Waals surface area contributed by atoms with Crippen molar-refractivity contribution in [2.45, 2.75) is 66.2 Å². The first kappa shape index (κ1) is 26.2. The van der Waals surface area contributed by atoms with Crippen molar-refractivity contribution in [3.63, 3.8) is 0 Å². The normalized spacial score (nSPS) is 18.1. The highest BCUT2D eigenvalue weighted by Gasteiger charge is 2.61. The van der Waals surface area contributed by atoms with Crippen molar-refractivity contribution in [1.82, 2.24) is 15.0 Å². The Hall–Kier alpha value is -3.42. The Bertz CT molecular complexity index is 1170. The lowest BCUT2D eigenvalue weighted by atomic mass is 9.99. The van der Waals surface area contributed by atoms with E-state index in [4.69, 9.17) is 0 Å². The highest BCUT2D eigenvalue weighted by Crippen LogP contribution is 2.49. The van der Waals surface area contributed by atoms with E-state index in [0.717, 1.165) is 30.5 Å². The molecule has 0 saturated heterocycles. The zero-order valence-corrected chi connectivity index (χ0v) is 21.0. The van der Waals surface area contributed by atoms with E-state index in [1.54, 1.807) is 18.3 Å². The summed E-state index contributed by atoms with van der Waals surface area (Å²) in [6, 6.07) is 5.20. The summed E-state index contributed by atoms with van der Waals surface area (Å²) >= 11 is 0. The number of hydrogen-bond acceptors (Lipinski definition) is 5. The number of carbonyl (C=O) groups excluding carboxylic acids is 1. The first-order valence-electron chi connectivity index (χ1n) is 12.0. The molecule has 8 heteroatoms. The summed E-state index contributed by atoms with van der Waals surface area (Å²) in [5.74, 6) is -4.21. The van der Waals surface area contributed by atoms with Crippen LogP contribution in [0.2, 0.25) is 0 Å². The van der Waals surface area contributed by atoms with Gasteiger partial charge in [-0.05, 0) is 56.9 Å². The molecule has 1 aliphatic carbocycles. The van der Waals surface area contributed by atoms with Gasteiger partial charge in [0.15, 0.2) is 0 Å². The zero-order chi connectivity index (χ0) is 25.6. The van der Waals surface area contributed by atoms with Gasteiger partial charge in [0, 0.05) is 29.9 Å². The summed E-state index contributed by atoms with van der Waals surface area (Å²) in [6.45, 7) is 10.5. The first-order valence-corrected chi connectivity index (χ1v) is 12.0. The van der Waals surface area contributed by atoms with Gasteiger partial charge in [-0.25, -0.2) is 23.7 Å². The highest BCUT2D eigenvalue weighted by molar-refractivity contribution is 5.95. The number of halogens is 2. The number of anilines is 2. The molecular formula is C27H33F2N5O. The molecule has 186 valence electrons. The number of alkyl halides is 2. The lowest BCUT2D eigenvalue weighted by Crippen LogP contribution is -2.18. The molecule has 1 amide bonds. The summed E-state index contributed by atoms with van der Waals surface area (Å²) in [6.07, 6.45) is 9.86. The van der Waals surface area contributed by atoms with Crippen molar-refractivity contribution in [2.24, 2.45) is 5.92 Å². The molecule has 0 aromatic carbocycles. The monoisotopic (exact) mass is 481 g/mol. The molecule has 0 unspecified atom stereocenters. The van der Waals surface area contributed by atoms with Crippen LogP contribution < -0.4 is 10.6 Å². The second kappa shape index (κ2) is 11.3. The number of carbonyl (C=O) groups is 1. The quantitative estimate of drug-likeness (QED) is 0.360. The molecule has 0 spiro atoms. The van der Waals surface area contributed by atoms with Gasteiger partial charge in [0.2, 0.25) is 5.91 Å². The van der Waals surface area contributed by atoms with Crippen LogP contribution in [-0.4, -0.2) is 26.8 Å². The van der Waals surface area contributed by atoms with Gasteiger partial charge in [-0.1, -0.05) is 38.0 Å². The Balaban J connectivity index is 1.85. The summed E-state index contributed by atoms with van der Waals surface area (Å²) in [7, 11) is 0. The van der Waals surface area contributed by atoms with Gasteiger partial charge in [0.25, 0.3) is 5.92 Å². The van der Waals surface area contributed by atoms with Crippen LogP contribution >= 0.6 is 0 Å². The van der Waals surface area contributed by atoms with Crippen LogP contribution in [-0.2, 0) is 4.79 Å². The maximum Gasteiger partial charge on any atom is 0.260 e. The van der Waals surface area contributed by atoms with Gasteiger partial charge in [-0.3, -0.25) is 4.79 Å². The number of pyridine rings is 1. The predicted octanol–water partition coefficient (Wildman–Crippen LogP) is 6.92. The molecule has 0 radical (unpaired) electrons. The van der Waals surface area contributed by atoms with Crippen molar-refractivity contribution in [3.8, 4) is 11.3 Å². The van der Waals surface area contributed by atoms with Gasteiger partial charge >= 0.3 is 0 Å². The van der Waals surface area contributed by atoms with E-state index in [2.05, 4.69) is 59.4 Å². The Morgan fingerprint density at radius 1 is 1.20 bits per heavy atom. The van der Waals surface area contributed by atoms with Gasteiger partial charge in [0.05, 0.1) is 5.69 Å².